The third-order valence-corrected chi connectivity index (χ3v) is 2.11. The minimum absolute atomic E-state index is 0.271. The Morgan fingerprint density at radius 3 is 2.79 bits per heavy atom. The molecule has 1 rings (SSSR count). The van der Waals surface area contributed by atoms with Crippen LogP contribution in [0.4, 0.5) is 10.5 Å². The summed E-state index contributed by atoms with van der Waals surface area (Å²) in [4.78, 5) is 11.9. The second-order valence-corrected chi connectivity index (χ2v) is 3.45. The molecule has 0 unspecified atom stereocenters. The molecule has 2 N–H and O–H groups in total. The van der Waals surface area contributed by atoms with E-state index in [2.05, 4.69) is 23.3 Å². The number of hydrogen-bond donors (Lipinski definition) is 3. The summed E-state index contributed by atoms with van der Waals surface area (Å²) in [5.41, 5.74) is 0.683. The first kappa shape index (κ1) is 11.2. The van der Waals surface area contributed by atoms with Crippen molar-refractivity contribution in [3.05, 3.63) is 24.3 Å². The smallest absolute Gasteiger partial charge is 0.319 e. The molecule has 2 amide bonds. The molecule has 0 saturated carbocycles. The average molecular weight is 231 g/mol. The van der Waals surface area contributed by atoms with Gasteiger partial charge in [-0.1, -0.05) is 12.1 Å². The fourth-order valence-corrected chi connectivity index (χ4v) is 1.22. The average Bonchev–Trinajstić information content (AvgIpc) is 2.18. The Kier molecular flexibility index (Phi) is 4.62. The molecule has 0 aliphatic heterocycles. The highest BCUT2D eigenvalue weighted by Gasteiger charge is 2.02. The molecule has 14 heavy (non-hydrogen) atoms. The van der Waals surface area contributed by atoms with Gasteiger partial charge in [-0.15, -0.1) is 24.2 Å². The molecule has 0 radical (unpaired) electrons. The number of carbonyl (C=O) groups is 1. The molecule has 5 heteroatoms. The van der Waals surface area contributed by atoms with Gasteiger partial charge in [-0.25, -0.2) is 4.79 Å². The largest absolute Gasteiger partial charge is 0.337 e. The van der Waals surface area contributed by atoms with Crippen LogP contribution in [0.3, 0.4) is 0 Å². The number of amides is 2. The Bertz CT molecular complexity index is 319. The first-order valence-electron chi connectivity index (χ1n) is 4.13. The summed E-state index contributed by atoms with van der Waals surface area (Å²) < 4.78 is 0. The molecule has 0 fully saturated rings. The second kappa shape index (κ2) is 5.78. The predicted molar refractivity (Wildman–Crippen MR) is 61.4 cm³/mol. The zero-order valence-electron chi connectivity index (χ0n) is 7.46. The van der Waals surface area contributed by atoms with Crippen molar-refractivity contribution in [3.63, 3.8) is 0 Å². The summed E-state index contributed by atoms with van der Waals surface area (Å²) in [6.45, 7) is 0.447. The number of para-hydroxylation sites is 1. The molecule has 0 heterocycles. The van der Waals surface area contributed by atoms with E-state index in [1.807, 2.05) is 12.1 Å². The number of nitrogens with one attached hydrogen (secondary N) is 2. The van der Waals surface area contributed by atoms with E-state index < -0.39 is 0 Å². The van der Waals surface area contributed by atoms with Crippen LogP contribution in [0.1, 0.15) is 0 Å². The highest BCUT2D eigenvalue weighted by molar-refractivity contribution is 7.80. The number of thiol groups is 1. The van der Waals surface area contributed by atoms with Crippen LogP contribution in [0.15, 0.2) is 29.2 Å². The number of rotatable bonds is 3. The first-order valence-corrected chi connectivity index (χ1v) is 5.11. The Balaban J connectivity index is 2.52. The van der Waals surface area contributed by atoms with Crippen LogP contribution in [0.25, 0.3) is 0 Å². The summed E-state index contributed by atoms with van der Waals surface area (Å²) in [7, 11) is 0. The lowest BCUT2D eigenvalue weighted by Crippen LogP contribution is -2.30. The maximum Gasteiger partial charge on any atom is 0.319 e. The standard InChI is InChI=1S/C9H11ClN2OS/c10-5-6-11-9(13)12-7-3-1-2-4-8(7)14/h1-4,14H,5-6H2,(H2,11,12,13). The van der Waals surface area contributed by atoms with E-state index in [0.29, 0.717) is 18.1 Å². The third-order valence-electron chi connectivity index (χ3n) is 1.53. The van der Waals surface area contributed by atoms with E-state index >= 15 is 0 Å². The Morgan fingerprint density at radius 1 is 1.43 bits per heavy atom. The molecule has 0 aromatic heterocycles. The Hall–Kier alpha value is -0.870. The first-order chi connectivity index (χ1) is 6.74. The van der Waals surface area contributed by atoms with Crippen LogP contribution in [-0.4, -0.2) is 18.5 Å². The maximum absolute atomic E-state index is 11.2. The molecular weight excluding hydrogens is 220 g/mol. The molecule has 0 aliphatic rings. The van der Waals surface area contributed by atoms with Crippen LogP contribution in [0, 0.1) is 0 Å². The van der Waals surface area contributed by atoms with E-state index in [-0.39, 0.29) is 6.03 Å². The van der Waals surface area contributed by atoms with Gasteiger partial charge >= 0.3 is 6.03 Å². The molecule has 0 bridgehead atoms. The minimum Gasteiger partial charge on any atom is -0.337 e. The van der Waals surface area contributed by atoms with Crippen molar-refractivity contribution in [2.75, 3.05) is 17.7 Å². The van der Waals surface area contributed by atoms with Crippen molar-refractivity contribution < 1.29 is 4.79 Å². The number of benzene rings is 1. The van der Waals surface area contributed by atoms with Crippen molar-refractivity contribution in [1.82, 2.24) is 5.32 Å². The molecule has 76 valence electrons. The van der Waals surface area contributed by atoms with Crippen molar-refractivity contribution >= 4 is 35.9 Å². The van der Waals surface area contributed by atoms with Crippen LogP contribution in [-0.2, 0) is 0 Å². The summed E-state index contributed by atoms with van der Waals surface area (Å²) in [5, 5.41) is 5.25. The van der Waals surface area contributed by atoms with Crippen LogP contribution in [0.5, 0.6) is 0 Å². The summed E-state index contributed by atoms with van der Waals surface area (Å²) in [6.07, 6.45) is 0. The highest BCUT2D eigenvalue weighted by atomic mass is 35.5. The molecule has 1 aromatic rings. The lowest BCUT2D eigenvalue weighted by atomic mass is 10.3. The van der Waals surface area contributed by atoms with Gasteiger partial charge in [-0.2, -0.15) is 0 Å². The number of halogens is 1. The summed E-state index contributed by atoms with van der Waals surface area (Å²) in [5.74, 6) is 0.399. The van der Waals surface area contributed by atoms with Gasteiger partial charge in [0, 0.05) is 17.3 Å². The van der Waals surface area contributed by atoms with Crippen LogP contribution < -0.4 is 10.6 Å². The van der Waals surface area contributed by atoms with E-state index in [9.17, 15) is 4.79 Å². The van der Waals surface area contributed by atoms with Gasteiger partial charge in [0.2, 0.25) is 0 Å². The SMILES string of the molecule is O=C(NCCCl)Nc1ccccc1S. The quantitative estimate of drug-likeness (QED) is 0.542. The van der Waals surface area contributed by atoms with Gasteiger partial charge in [0.1, 0.15) is 0 Å². The zero-order valence-corrected chi connectivity index (χ0v) is 9.11. The Morgan fingerprint density at radius 2 is 2.14 bits per heavy atom. The van der Waals surface area contributed by atoms with E-state index in [0.717, 1.165) is 4.90 Å². The second-order valence-electron chi connectivity index (χ2n) is 2.59. The van der Waals surface area contributed by atoms with Gasteiger partial charge in [0.15, 0.2) is 0 Å². The van der Waals surface area contributed by atoms with Crippen molar-refractivity contribution in [2.45, 2.75) is 4.90 Å². The molecule has 0 saturated heterocycles. The number of anilines is 1. The van der Waals surface area contributed by atoms with Gasteiger partial charge in [0.05, 0.1) is 5.69 Å². The number of alkyl halides is 1. The van der Waals surface area contributed by atoms with E-state index in [1.165, 1.54) is 0 Å². The van der Waals surface area contributed by atoms with Crippen molar-refractivity contribution in [3.8, 4) is 0 Å². The molecule has 0 aliphatic carbocycles. The van der Waals surface area contributed by atoms with Crippen LogP contribution >= 0.6 is 24.2 Å². The monoisotopic (exact) mass is 230 g/mol. The Labute approximate surface area is 93.2 Å². The fraction of sp³-hybridized carbons (Fsp3) is 0.222. The highest BCUT2D eigenvalue weighted by Crippen LogP contribution is 2.17. The van der Waals surface area contributed by atoms with E-state index in [4.69, 9.17) is 11.6 Å². The van der Waals surface area contributed by atoms with Gasteiger partial charge in [-0.3, -0.25) is 0 Å². The summed E-state index contributed by atoms with van der Waals surface area (Å²) >= 11 is 9.62. The van der Waals surface area contributed by atoms with Crippen LogP contribution in [0.2, 0.25) is 0 Å². The number of hydrogen-bond acceptors (Lipinski definition) is 2. The molecule has 0 atom stereocenters. The minimum atomic E-state index is -0.271. The zero-order chi connectivity index (χ0) is 10.4. The van der Waals surface area contributed by atoms with Crippen molar-refractivity contribution in [1.29, 1.82) is 0 Å². The normalized spacial score (nSPS) is 9.57. The lowest BCUT2D eigenvalue weighted by Gasteiger charge is -2.07. The van der Waals surface area contributed by atoms with Crippen molar-refractivity contribution in [2.24, 2.45) is 0 Å². The predicted octanol–water partition coefficient (Wildman–Crippen LogP) is 2.34. The summed E-state index contributed by atoms with van der Waals surface area (Å²) in [6, 6.07) is 7.00. The van der Waals surface area contributed by atoms with Gasteiger partial charge in [-0.05, 0) is 12.1 Å². The molecular formula is C9H11ClN2OS. The lowest BCUT2D eigenvalue weighted by molar-refractivity contribution is 0.252. The number of urea groups is 1. The van der Waals surface area contributed by atoms with Gasteiger partial charge < -0.3 is 10.6 Å². The molecule has 3 nitrogen and oxygen atoms in total. The van der Waals surface area contributed by atoms with E-state index in [1.54, 1.807) is 12.1 Å². The topological polar surface area (TPSA) is 41.1 Å². The molecule has 0 spiro atoms. The number of carbonyl (C=O) groups excluding carboxylic acids is 1. The fourth-order valence-electron chi connectivity index (χ4n) is 0.907. The van der Waals surface area contributed by atoms with Gasteiger partial charge in [0.25, 0.3) is 0 Å². The third kappa shape index (κ3) is 3.47. The molecule has 1 aromatic carbocycles. The maximum atomic E-state index is 11.2.